The molecule has 0 bridgehead atoms. The summed E-state index contributed by atoms with van der Waals surface area (Å²) in [6, 6.07) is 8.78. The summed E-state index contributed by atoms with van der Waals surface area (Å²) in [6.45, 7) is 10.8. The van der Waals surface area contributed by atoms with E-state index in [9.17, 15) is 0 Å². The fraction of sp³-hybridized carbons (Fsp3) is 0.625. The molecule has 0 radical (unpaired) electrons. The molecule has 3 heteroatoms. The Morgan fingerprint density at radius 3 is 2.26 bits per heavy atom. The Balaban J connectivity index is 2.16. The van der Waals surface area contributed by atoms with Gasteiger partial charge >= 0.3 is 0 Å². The van der Waals surface area contributed by atoms with Crippen molar-refractivity contribution in [2.24, 2.45) is 0 Å². The van der Waals surface area contributed by atoms with Crippen LogP contribution in [0.25, 0.3) is 0 Å². The molecule has 0 saturated carbocycles. The molecule has 1 N–H and O–H groups in total. The summed E-state index contributed by atoms with van der Waals surface area (Å²) in [6.07, 6.45) is 1.17. The van der Waals surface area contributed by atoms with Crippen LogP contribution in [0.4, 0.5) is 0 Å². The zero-order valence-corrected chi connectivity index (χ0v) is 12.6. The van der Waals surface area contributed by atoms with Crippen molar-refractivity contribution < 1.29 is 9.47 Å². The monoisotopic (exact) mass is 265 g/mol. The molecule has 1 aromatic rings. The van der Waals surface area contributed by atoms with Gasteiger partial charge in [0.05, 0.1) is 19.3 Å². The van der Waals surface area contributed by atoms with Crippen LogP contribution in [0.1, 0.15) is 33.3 Å². The second-order valence-corrected chi connectivity index (χ2v) is 5.28. The fourth-order valence-electron chi connectivity index (χ4n) is 1.72. The lowest BCUT2D eigenvalue weighted by Gasteiger charge is -2.10. The molecule has 1 aromatic carbocycles. The Morgan fingerprint density at radius 2 is 1.68 bits per heavy atom. The molecule has 0 atom stereocenters. The fourth-order valence-corrected chi connectivity index (χ4v) is 1.72. The first-order valence-electron chi connectivity index (χ1n) is 7.14. The van der Waals surface area contributed by atoms with Crippen molar-refractivity contribution in [2.75, 3.05) is 19.8 Å². The molecule has 0 aliphatic heterocycles. The predicted molar refractivity (Wildman–Crippen MR) is 79.9 cm³/mol. The highest BCUT2D eigenvalue weighted by atomic mass is 16.5. The molecule has 0 aliphatic rings. The topological polar surface area (TPSA) is 30.5 Å². The van der Waals surface area contributed by atoms with Crippen molar-refractivity contribution in [3.8, 4) is 5.75 Å². The van der Waals surface area contributed by atoms with E-state index in [4.69, 9.17) is 9.47 Å². The smallest absolute Gasteiger partial charge is 0.119 e. The van der Waals surface area contributed by atoms with E-state index in [1.807, 2.05) is 26.0 Å². The summed E-state index contributed by atoms with van der Waals surface area (Å²) in [5.41, 5.74) is 1.29. The Bertz CT molecular complexity index is 333. The summed E-state index contributed by atoms with van der Waals surface area (Å²) >= 11 is 0. The van der Waals surface area contributed by atoms with Crippen molar-refractivity contribution in [1.29, 1.82) is 0 Å². The average Bonchev–Trinajstić information content (AvgIpc) is 2.34. The number of hydrogen-bond acceptors (Lipinski definition) is 3. The number of nitrogens with one attached hydrogen (secondary N) is 1. The van der Waals surface area contributed by atoms with Gasteiger partial charge < -0.3 is 14.8 Å². The lowest BCUT2D eigenvalue weighted by Crippen LogP contribution is -2.26. The molecule has 3 nitrogen and oxygen atoms in total. The van der Waals surface area contributed by atoms with E-state index in [1.165, 1.54) is 5.56 Å². The minimum atomic E-state index is 0.225. The van der Waals surface area contributed by atoms with Crippen LogP contribution in [0.2, 0.25) is 0 Å². The molecule has 0 unspecified atom stereocenters. The molecule has 1 rings (SSSR count). The van der Waals surface area contributed by atoms with Crippen LogP contribution in [0, 0.1) is 0 Å². The summed E-state index contributed by atoms with van der Waals surface area (Å²) in [4.78, 5) is 0. The maximum atomic E-state index is 5.61. The molecule has 0 aromatic heterocycles. The lowest BCUT2D eigenvalue weighted by molar-refractivity contribution is 0.137. The molecule has 108 valence electrons. The van der Waals surface area contributed by atoms with Crippen LogP contribution in [0.3, 0.4) is 0 Å². The molecule has 0 spiro atoms. The normalized spacial score (nSPS) is 11.3. The first-order valence-corrected chi connectivity index (χ1v) is 7.14. The Hall–Kier alpha value is -1.06. The van der Waals surface area contributed by atoms with Crippen molar-refractivity contribution >= 4 is 0 Å². The van der Waals surface area contributed by atoms with E-state index in [0.717, 1.165) is 31.9 Å². The zero-order valence-electron chi connectivity index (χ0n) is 12.6. The second kappa shape index (κ2) is 8.94. The van der Waals surface area contributed by atoms with E-state index < -0.39 is 0 Å². The number of benzene rings is 1. The third-order valence-corrected chi connectivity index (χ3v) is 2.63. The van der Waals surface area contributed by atoms with Gasteiger partial charge in [-0.2, -0.15) is 0 Å². The maximum Gasteiger partial charge on any atom is 0.119 e. The molecule has 0 saturated heterocycles. The van der Waals surface area contributed by atoms with Gasteiger partial charge in [0, 0.05) is 12.6 Å². The van der Waals surface area contributed by atoms with Crippen LogP contribution < -0.4 is 10.1 Å². The largest absolute Gasteiger partial charge is 0.491 e. The quantitative estimate of drug-likeness (QED) is 0.696. The van der Waals surface area contributed by atoms with Crippen molar-refractivity contribution in [3.05, 3.63) is 29.8 Å². The highest BCUT2D eigenvalue weighted by Crippen LogP contribution is 2.14. The Labute approximate surface area is 117 Å². The third kappa shape index (κ3) is 7.85. The minimum absolute atomic E-state index is 0.225. The SMILES string of the molecule is CC(C)NCCOCCc1ccc(OC(C)C)cc1. The Morgan fingerprint density at radius 1 is 1.00 bits per heavy atom. The average molecular weight is 265 g/mol. The maximum absolute atomic E-state index is 5.61. The molecule has 0 amide bonds. The van der Waals surface area contributed by atoms with E-state index >= 15 is 0 Å². The second-order valence-electron chi connectivity index (χ2n) is 5.28. The van der Waals surface area contributed by atoms with Gasteiger partial charge in [0.25, 0.3) is 0 Å². The molecule has 0 aliphatic carbocycles. The Kier molecular flexibility index (Phi) is 7.53. The van der Waals surface area contributed by atoms with Gasteiger partial charge in [0.1, 0.15) is 5.75 Å². The van der Waals surface area contributed by atoms with E-state index in [1.54, 1.807) is 0 Å². The van der Waals surface area contributed by atoms with E-state index in [0.29, 0.717) is 6.04 Å². The zero-order chi connectivity index (χ0) is 14.1. The van der Waals surface area contributed by atoms with Gasteiger partial charge in [-0.15, -0.1) is 0 Å². The summed E-state index contributed by atoms with van der Waals surface area (Å²) in [7, 11) is 0. The van der Waals surface area contributed by atoms with Gasteiger partial charge in [0.2, 0.25) is 0 Å². The van der Waals surface area contributed by atoms with Crippen LogP contribution in [0.15, 0.2) is 24.3 Å². The van der Waals surface area contributed by atoms with Crippen LogP contribution in [-0.4, -0.2) is 31.9 Å². The summed E-state index contributed by atoms with van der Waals surface area (Å²) in [5.74, 6) is 0.931. The first-order chi connectivity index (χ1) is 9.08. The van der Waals surface area contributed by atoms with Crippen molar-refractivity contribution in [3.63, 3.8) is 0 Å². The highest BCUT2D eigenvalue weighted by Gasteiger charge is 1.98. The lowest BCUT2D eigenvalue weighted by atomic mass is 10.1. The number of rotatable bonds is 9. The minimum Gasteiger partial charge on any atom is -0.491 e. The third-order valence-electron chi connectivity index (χ3n) is 2.63. The number of hydrogen-bond donors (Lipinski definition) is 1. The van der Waals surface area contributed by atoms with Gasteiger partial charge in [-0.1, -0.05) is 26.0 Å². The van der Waals surface area contributed by atoms with Crippen LogP contribution in [-0.2, 0) is 11.2 Å². The van der Waals surface area contributed by atoms with Crippen LogP contribution >= 0.6 is 0 Å². The van der Waals surface area contributed by atoms with Gasteiger partial charge in [-0.3, -0.25) is 0 Å². The molecular formula is C16H27NO2. The number of ether oxygens (including phenoxy) is 2. The molecular weight excluding hydrogens is 238 g/mol. The van der Waals surface area contributed by atoms with E-state index in [2.05, 4.69) is 31.3 Å². The summed E-state index contributed by atoms with van der Waals surface area (Å²) < 4.78 is 11.2. The highest BCUT2D eigenvalue weighted by molar-refractivity contribution is 5.27. The predicted octanol–water partition coefficient (Wildman–Crippen LogP) is 3.03. The van der Waals surface area contributed by atoms with Crippen molar-refractivity contribution in [2.45, 2.75) is 46.3 Å². The summed E-state index contributed by atoms with van der Waals surface area (Å²) in [5, 5.41) is 3.33. The molecule has 19 heavy (non-hydrogen) atoms. The van der Waals surface area contributed by atoms with Gasteiger partial charge in [0.15, 0.2) is 0 Å². The van der Waals surface area contributed by atoms with E-state index in [-0.39, 0.29) is 6.10 Å². The first kappa shape index (κ1) is 16.0. The molecule has 0 heterocycles. The van der Waals surface area contributed by atoms with Gasteiger partial charge in [-0.25, -0.2) is 0 Å². The standard InChI is InChI=1S/C16H27NO2/c1-13(2)17-10-12-18-11-9-15-5-7-16(8-6-15)19-14(3)4/h5-8,13-14,17H,9-12H2,1-4H3. The molecule has 0 fully saturated rings. The van der Waals surface area contributed by atoms with Gasteiger partial charge in [-0.05, 0) is 38.0 Å². The van der Waals surface area contributed by atoms with Crippen LogP contribution in [0.5, 0.6) is 5.75 Å². The van der Waals surface area contributed by atoms with Crippen molar-refractivity contribution in [1.82, 2.24) is 5.32 Å².